The summed E-state index contributed by atoms with van der Waals surface area (Å²) in [5.41, 5.74) is 1.87. The largest absolute Gasteiger partial charge is 0.243 e. The van der Waals surface area contributed by atoms with Gasteiger partial charge >= 0.3 is 0 Å². The Kier molecular flexibility index (Phi) is 5.37. The van der Waals surface area contributed by atoms with Crippen molar-refractivity contribution in [2.75, 3.05) is 11.9 Å². The molecule has 0 aliphatic heterocycles. The highest BCUT2D eigenvalue weighted by atomic mass is 79.9. The van der Waals surface area contributed by atoms with Crippen LogP contribution in [0.15, 0.2) is 23.1 Å². The number of nitrogens with zero attached hydrogens (tertiary/aromatic N) is 1. The summed E-state index contributed by atoms with van der Waals surface area (Å²) in [5.74, 6) is 0. The van der Waals surface area contributed by atoms with Crippen molar-refractivity contribution in [2.45, 2.75) is 38.6 Å². The van der Waals surface area contributed by atoms with E-state index in [1.165, 1.54) is 4.31 Å². The van der Waals surface area contributed by atoms with Crippen LogP contribution >= 0.6 is 15.9 Å². The summed E-state index contributed by atoms with van der Waals surface area (Å²) in [5, 5.41) is 0.634. The zero-order valence-corrected chi connectivity index (χ0v) is 13.7. The number of aryl methyl sites for hydroxylation is 2. The summed E-state index contributed by atoms with van der Waals surface area (Å²) in [7, 11) is -3.41. The third-order valence-corrected chi connectivity index (χ3v) is 5.39. The van der Waals surface area contributed by atoms with Crippen molar-refractivity contribution in [3.8, 4) is 0 Å². The quantitative estimate of drug-likeness (QED) is 0.776. The number of alkyl halides is 1. The molecule has 102 valence electrons. The van der Waals surface area contributed by atoms with Gasteiger partial charge < -0.3 is 0 Å². The molecule has 5 heteroatoms. The first-order valence-corrected chi connectivity index (χ1v) is 8.52. The summed E-state index contributed by atoms with van der Waals surface area (Å²) < 4.78 is 26.7. The molecular formula is C13H20BrNO2S. The Hall–Kier alpha value is -0.390. The van der Waals surface area contributed by atoms with Gasteiger partial charge in [0.05, 0.1) is 4.90 Å². The van der Waals surface area contributed by atoms with Crippen molar-refractivity contribution < 1.29 is 8.42 Å². The minimum Gasteiger partial charge on any atom is -0.207 e. The number of benzene rings is 1. The lowest BCUT2D eigenvalue weighted by atomic mass is 10.2. The van der Waals surface area contributed by atoms with Crippen LogP contribution in [-0.2, 0) is 10.0 Å². The van der Waals surface area contributed by atoms with Crippen LogP contribution in [0.25, 0.3) is 0 Å². The van der Waals surface area contributed by atoms with E-state index in [2.05, 4.69) is 15.9 Å². The molecule has 0 fully saturated rings. The van der Waals surface area contributed by atoms with E-state index < -0.39 is 10.0 Å². The molecule has 0 atom stereocenters. The molecule has 1 aromatic rings. The molecule has 0 unspecified atom stereocenters. The molecule has 0 N–H and O–H groups in total. The number of hydrogen-bond donors (Lipinski definition) is 0. The zero-order valence-electron chi connectivity index (χ0n) is 11.3. The Morgan fingerprint density at radius 1 is 1.28 bits per heavy atom. The first-order valence-electron chi connectivity index (χ1n) is 5.95. The van der Waals surface area contributed by atoms with Crippen LogP contribution in [-0.4, -0.2) is 30.6 Å². The molecule has 0 amide bonds. The fourth-order valence-electron chi connectivity index (χ4n) is 1.95. The van der Waals surface area contributed by atoms with Crippen molar-refractivity contribution in [3.63, 3.8) is 0 Å². The molecule has 1 rings (SSSR count). The highest BCUT2D eigenvalue weighted by Gasteiger charge is 2.27. The topological polar surface area (TPSA) is 37.4 Å². The van der Waals surface area contributed by atoms with Gasteiger partial charge in [-0.1, -0.05) is 33.6 Å². The van der Waals surface area contributed by atoms with Crippen molar-refractivity contribution in [1.29, 1.82) is 0 Å². The number of rotatable bonds is 5. The second-order valence-electron chi connectivity index (χ2n) is 4.67. The fraction of sp³-hybridized carbons (Fsp3) is 0.538. The van der Waals surface area contributed by atoms with Gasteiger partial charge in [0, 0.05) is 17.9 Å². The molecule has 0 aliphatic rings. The van der Waals surface area contributed by atoms with Crippen LogP contribution in [0.5, 0.6) is 0 Å². The Morgan fingerprint density at radius 2 is 1.89 bits per heavy atom. The van der Waals surface area contributed by atoms with Gasteiger partial charge in [-0.05, 0) is 39.3 Å². The molecule has 0 radical (unpaired) electrons. The normalized spacial score (nSPS) is 12.4. The zero-order chi connectivity index (χ0) is 13.9. The third kappa shape index (κ3) is 3.33. The molecule has 0 saturated carbocycles. The van der Waals surface area contributed by atoms with Gasteiger partial charge in [-0.15, -0.1) is 0 Å². The van der Waals surface area contributed by atoms with Crippen LogP contribution in [0.2, 0.25) is 0 Å². The average Bonchev–Trinajstić information content (AvgIpc) is 2.24. The molecule has 0 saturated heterocycles. The molecule has 0 heterocycles. The monoisotopic (exact) mass is 333 g/mol. The maximum atomic E-state index is 12.6. The first kappa shape index (κ1) is 15.7. The molecule has 3 nitrogen and oxygen atoms in total. The van der Waals surface area contributed by atoms with Crippen LogP contribution in [0.3, 0.4) is 0 Å². The molecule has 0 bridgehead atoms. The van der Waals surface area contributed by atoms with Gasteiger partial charge in [0.2, 0.25) is 10.0 Å². The van der Waals surface area contributed by atoms with Crippen molar-refractivity contribution in [2.24, 2.45) is 0 Å². The second kappa shape index (κ2) is 6.17. The Balaban J connectivity index is 3.26. The molecule has 18 heavy (non-hydrogen) atoms. The molecule has 0 aromatic heterocycles. The number of sulfonamides is 1. The van der Waals surface area contributed by atoms with E-state index in [4.69, 9.17) is 0 Å². The summed E-state index contributed by atoms with van der Waals surface area (Å²) in [6, 6.07) is 5.39. The SMILES string of the molecule is Cc1ccc(S(=O)(=O)N(CCBr)C(C)C)c(C)c1. The Labute approximate surface area is 118 Å². The van der Waals surface area contributed by atoms with E-state index >= 15 is 0 Å². The minimum atomic E-state index is -3.41. The molecule has 0 spiro atoms. The summed E-state index contributed by atoms with van der Waals surface area (Å²) in [6.07, 6.45) is 0. The molecule has 1 aromatic carbocycles. The second-order valence-corrected chi connectivity index (χ2v) is 7.32. The maximum absolute atomic E-state index is 12.6. The summed E-state index contributed by atoms with van der Waals surface area (Å²) in [4.78, 5) is 0.405. The van der Waals surface area contributed by atoms with Crippen molar-refractivity contribution in [3.05, 3.63) is 29.3 Å². The van der Waals surface area contributed by atoms with Crippen molar-refractivity contribution >= 4 is 26.0 Å². The lowest BCUT2D eigenvalue weighted by Gasteiger charge is -2.26. The fourth-order valence-corrected chi connectivity index (χ4v) is 4.42. The van der Waals surface area contributed by atoms with E-state index in [0.29, 0.717) is 16.8 Å². The molecular weight excluding hydrogens is 314 g/mol. The van der Waals surface area contributed by atoms with E-state index in [9.17, 15) is 8.42 Å². The minimum absolute atomic E-state index is 0.0479. The van der Waals surface area contributed by atoms with E-state index in [-0.39, 0.29) is 6.04 Å². The average molecular weight is 334 g/mol. The lowest BCUT2D eigenvalue weighted by Crippen LogP contribution is -2.38. The van der Waals surface area contributed by atoms with Crippen LogP contribution < -0.4 is 0 Å². The number of halogens is 1. The van der Waals surface area contributed by atoms with Crippen LogP contribution in [0, 0.1) is 13.8 Å². The van der Waals surface area contributed by atoms with Gasteiger partial charge in [0.15, 0.2) is 0 Å². The number of hydrogen-bond acceptors (Lipinski definition) is 2. The highest BCUT2D eigenvalue weighted by Crippen LogP contribution is 2.22. The first-order chi connectivity index (χ1) is 8.30. The van der Waals surface area contributed by atoms with Gasteiger partial charge in [0.1, 0.15) is 0 Å². The maximum Gasteiger partial charge on any atom is 0.243 e. The third-order valence-electron chi connectivity index (χ3n) is 2.80. The predicted octanol–water partition coefficient (Wildman–Crippen LogP) is 3.10. The highest BCUT2D eigenvalue weighted by molar-refractivity contribution is 9.09. The van der Waals surface area contributed by atoms with Crippen molar-refractivity contribution in [1.82, 2.24) is 4.31 Å². The lowest BCUT2D eigenvalue weighted by molar-refractivity contribution is 0.372. The van der Waals surface area contributed by atoms with E-state index in [1.807, 2.05) is 39.8 Å². The van der Waals surface area contributed by atoms with Gasteiger partial charge in [-0.2, -0.15) is 4.31 Å². The predicted molar refractivity (Wildman–Crippen MR) is 78.7 cm³/mol. The van der Waals surface area contributed by atoms with Crippen LogP contribution in [0.4, 0.5) is 0 Å². The van der Waals surface area contributed by atoms with Gasteiger partial charge in [-0.25, -0.2) is 8.42 Å². The standard InChI is InChI=1S/C13H20BrNO2S/c1-10(2)15(8-7-14)18(16,17)13-6-5-11(3)9-12(13)4/h5-6,9-10H,7-8H2,1-4H3. The van der Waals surface area contributed by atoms with Crippen LogP contribution in [0.1, 0.15) is 25.0 Å². The van der Waals surface area contributed by atoms with Gasteiger partial charge in [0.25, 0.3) is 0 Å². The molecule has 0 aliphatic carbocycles. The summed E-state index contributed by atoms with van der Waals surface area (Å²) >= 11 is 3.31. The van der Waals surface area contributed by atoms with E-state index in [1.54, 1.807) is 6.07 Å². The summed E-state index contributed by atoms with van der Waals surface area (Å²) in [6.45, 7) is 8.06. The van der Waals surface area contributed by atoms with Gasteiger partial charge in [-0.3, -0.25) is 0 Å². The smallest absolute Gasteiger partial charge is 0.207 e. The Morgan fingerprint density at radius 3 is 2.33 bits per heavy atom. The Bertz CT molecular complexity index is 512. The van der Waals surface area contributed by atoms with E-state index in [0.717, 1.165) is 11.1 Å².